The van der Waals surface area contributed by atoms with Crippen LogP contribution in [0.3, 0.4) is 0 Å². The molecule has 186 valence electrons. The molecule has 0 amide bonds. The SMILES string of the molecule is CCCCCCCCCc1ccc(C(=O)Oc2cnc(-c3ccc(CCCCC)cc3)nc2)cc1. The summed E-state index contributed by atoms with van der Waals surface area (Å²) in [6, 6.07) is 16.1. The van der Waals surface area contributed by atoms with Gasteiger partial charge in [-0.05, 0) is 48.9 Å². The van der Waals surface area contributed by atoms with Crippen molar-refractivity contribution in [2.24, 2.45) is 0 Å². The van der Waals surface area contributed by atoms with Crippen molar-refractivity contribution in [1.82, 2.24) is 9.97 Å². The molecule has 3 aromatic rings. The van der Waals surface area contributed by atoms with Crippen molar-refractivity contribution >= 4 is 5.97 Å². The molecule has 0 fully saturated rings. The molecule has 0 spiro atoms. The summed E-state index contributed by atoms with van der Waals surface area (Å²) in [5, 5.41) is 0. The number of ether oxygens (including phenoxy) is 1. The number of hydrogen-bond acceptors (Lipinski definition) is 4. The highest BCUT2D eigenvalue weighted by Crippen LogP contribution is 2.19. The molecule has 4 nitrogen and oxygen atoms in total. The van der Waals surface area contributed by atoms with Crippen LogP contribution in [-0.2, 0) is 12.8 Å². The van der Waals surface area contributed by atoms with Gasteiger partial charge in [-0.15, -0.1) is 0 Å². The number of aryl methyl sites for hydroxylation is 2. The Bertz CT molecular complexity index is 996. The van der Waals surface area contributed by atoms with Gasteiger partial charge in [-0.3, -0.25) is 0 Å². The fraction of sp³-hybridized carbons (Fsp3) is 0.452. The second-order valence-corrected chi connectivity index (χ2v) is 9.35. The summed E-state index contributed by atoms with van der Waals surface area (Å²) in [7, 11) is 0. The molecule has 2 aromatic carbocycles. The van der Waals surface area contributed by atoms with Gasteiger partial charge in [0.2, 0.25) is 0 Å². The first-order chi connectivity index (χ1) is 17.2. The lowest BCUT2D eigenvalue weighted by molar-refractivity contribution is 0.0733. The number of carbonyl (C=O) groups excluding carboxylic acids is 1. The Balaban J connectivity index is 1.45. The van der Waals surface area contributed by atoms with Gasteiger partial charge in [0.25, 0.3) is 0 Å². The molecule has 0 N–H and O–H groups in total. The molecule has 0 aliphatic rings. The van der Waals surface area contributed by atoms with E-state index in [1.165, 1.54) is 75.3 Å². The van der Waals surface area contributed by atoms with Gasteiger partial charge in [0, 0.05) is 5.56 Å². The third-order valence-corrected chi connectivity index (χ3v) is 6.38. The fourth-order valence-corrected chi connectivity index (χ4v) is 4.18. The lowest BCUT2D eigenvalue weighted by atomic mass is 10.0. The Morgan fingerprint density at radius 2 is 1.14 bits per heavy atom. The summed E-state index contributed by atoms with van der Waals surface area (Å²) >= 11 is 0. The van der Waals surface area contributed by atoms with E-state index in [-0.39, 0.29) is 5.97 Å². The summed E-state index contributed by atoms with van der Waals surface area (Å²) in [5.74, 6) is 0.585. The zero-order chi connectivity index (χ0) is 24.7. The van der Waals surface area contributed by atoms with E-state index < -0.39 is 0 Å². The fourth-order valence-electron chi connectivity index (χ4n) is 4.18. The second kappa shape index (κ2) is 15.1. The molecular weight excluding hydrogens is 432 g/mol. The van der Waals surface area contributed by atoms with Gasteiger partial charge < -0.3 is 4.74 Å². The van der Waals surface area contributed by atoms with Gasteiger partial charge in [0.05, 0.1) is 18.0 Å². The smallest absolute Gasteiger partial charge is 0.343 e. The minimum atomic E-state index is -0.389. The molecule has 1 aromatic heterocycles. The molecule has 1 heterocycles. The van der Waals surface area contributed by atoms with Crippen LogP contribution in [0, 0.1) is 0 Å². The molecule has 0 unspecified atom stereocenters. The maximum atomic E-state index is 12.5. The highest BCUT2D eigenvalue weighted by atomic mass is 16.5. The molecule has 0 aliphatic heterocycles. The van der Waals surface area contributed by atoms with Gasteiger partial charge in [0.1, 0.15) is 0 Å². The number of hydrogen-bond donors (Lipinski definition) is 0. The Morgan fingerprint density at radius 3 is 1.74 bits per heavy atom. The Labute approximate surface area is 211 Å². The molecule has 3 rings (SSSR count). The van der Waals surface area contributed by atoms with E-state index in [9.17, 15) is 4.79 Å². The maximum absolute atomic E-state index is 12.5. The molecule has 0 saturated heterocycles. The van der Waals surface area contributed by atoms with Crippen molar-refractivity contribution in [3.05, 3.63) is 77.6 Å². The van der Waals surface area contributed by atoms with Crippen molar-refractivity contribution in [3.63, 3.8) is 0 Å². The molecule has 4 heteroatoms. The predicted octanol–water partition coefficient (Wildman–Crippen LogP) is 8.39. The Kier molecular flexibility index (Phi) is 11.5. The maximum Gasteiger partial charge on any atom is 0.343 e. The standard InChI is InChI=1S/C31H40N2O2/c1-3-5-7-8-9-10-12-14-26-17-21-28(22-18-26)31(34)35-29-23-32-30(33-24-29)27-19-15-25(16-20-27)13-11-6-4-2/h15-24H,3-14H2,1-2H3. The number of benzene rings is 2. The number of rotatable bonds is 15. The summed E-state index contributed by atoms with van der Waals surface area (Å²) < 4.78 is 5.49. The van der Waals surface area contributed by atoms with E-state index in [1.807, 2.05) is 24.3 Å². The highest BCUT2D eigenvalue weighted by Gasteiger charge is 2.10. The predicted molar refractivity (Wildman–Crippen MR) is 144 cm³/mol. The van der Waals surface area contributed by atoms with E-state index in [2.05, 4.69) is 48.1 Å². The number of aromatic nitrogens is 2. The van der Waals surface area contributed by atoms with Gasteiger partial charge in [0.15, 0.2) is 11.6 Å². The molecule has 0 saturated carbocycles. The van der Waals surface area contributed by atoms with E-state index in [0.717, 1.165) is 18.4 Å². The summed E-state index contributed by atoms with van der Waals surface area (Å²) in [6.45, 7) is 4.47. The van der Waals surface area contributed by atoms with Crippen molar-refractivity contribution in [3.8, 4) is 17.1 Å². The average molecular weight is 473 g/mol. The number of esters is 1. The first kappa shape index (κ1) is 26.6. The van der Waals surface area contributed by atoms with Crippen LogP contribution >= 0.6 is 0 Å². The summed E-state index contributed by atoms with van der Waals surface area (Å²) in [5.41, 5.74) is 4.09. The van der Waals surface area contributed by atoms with E-state index in [4.69, 9.17) is 4.74 Å². The number of unbranched alkanes of at least 4 members (excludes halogenated alkanes) is 8. The molecule has 0 radical (unpaired) electrons. The van der Waals surface area contributed by atoms with Crippen LogP contribution in [0.5, 0.6) is 5.75 Å². The van der Waals surface area contributed by atoms with Crippen LogP contribution < -0.4 is 4.74 Å². The minimum Gasteiger partial charge on any atom is -0.420 e. The molecule has 35 heavy (non-hydrogen) atoms. The van der Waals surface area contributed by atoms with E-state index in [1.54, 1.807) is 12.4 Å². The number of carbonyl (C=O) groups is 1. The average Bonchev–Trinajstić information content (AvgIpc) is 2.89. The van der Waals surface area contributed by atoms with Gasteiger partial charge in [-0.25, -0.2) is 14.8 Å². The van der Waals surface area contributed by atoms with Crippen molar-refractivity contribution in [2.45, 2.75) is 90.9 Å². The molecule has 0 atom stereocenters. The number of nitrogens with zero attached hydrogens (tertiary/aromatic N) is 2. The first-order valence-electron chi connectivity index (χ1n) is 13.4. The molecule has 0 aliphatic carbocycles. The van der Waals surface area contributed by atoms with Crippen LogP contribution in [0.1, 0.15) is 99.5 Å². The Hall–Kier alpha value is -3.01. The quantitative estimate of drug-likeness (QED) is 0.165. The van der Waals surface area contributed by atoms with Crippen molar-refractivity contribution < 1.29 is 9.53 Å². The third kappa shape index (κ3) is 9.28. The van der Waals surface area contributed by atoms with E-state index in [0.29, 0.717) is 17.1 Å². The lowest BCUT2D eigenvalue weighted by Crippen LogP contribution is -2.09. The topological polar surface area (TPSA) is 52.1 Å². The van der Waals surface area contributed by atoms with Crippen LogP contribution in [-0.4, -0.2) is 15.9 Å². The van der Waals surface area contributed by atoms with Crippen LogP contribution in [0.4, 0.5) is 0 Å². The van der Waals surface area contributed by atoms with Crippen molar-refractivity contribution in [1.29, 1.82) is 0 Å². The zero-order valence-electron chi connectivity index (χ0n) is 21.5. The van der Waals surface area contributed by atoms with Crippen molar-refractivity contribution in [2.75, 3.05) is 0 Å². The van der Waals surface area contributed by atoms with Crippen LogP contribution in [0.25, 0.3) is 11.4 Å². The largest absolute Gasteiger partial charge is 0.420 e. The Morgan fingerprint density at radius 1 is 0.657 bits per heavy atom. The lowest BCUT2D eigenvalue weighted by Gasteiger charge is -2.07. The second-order valence-electron chi connectivity index (χ2n) is 9.35. The van der Waals surface area contributed by atoms with E-state index >= 15 is 0 Å². The zero-order valence-corrected chi connectivity index (χ0v) is 21.5. The summed E-state index contributed by atoms with van der Waals surface area (Å²) in [4.78, 5) is 21.3. The molecule has 0 bridgehead atoms. The van der Waals surface area contributed by atoms with Crippen LogP contribution in [0.2, 0.25) is 0 Å². The van der Waals surface area contributed by atoms with Gasteiger partial charge >= 0.3 is 5.97 Å². The van der Waals surface area contributed by atoms with Crippen LogP contribution in [0.15, 0.2) is 60.9 Å². The minimum absolute atomic E-state index is 0.349. The van der Waals surface area contributed by atoms with Gasteiger partial charge in [-0.1, -0.05) is 102 Å². The molecular formula is C31H40N2O2. The highest BCUT2D eigenvalue weighted by molar-refractivity contribution is 5.91. The van der Waals surface area contributed by atoms with Gasteiger partial charge in [-0.2, -0.15) is 0 Å². The monoisotopic (exact) mass is 472 g/mol. The normalized spacial score (nSPS) is 10.9. The first-order valence-corrected chi connectivity index (χ1v) is 13.4. The summed E-state index contributed by atoms with van der Waals surface area (Å²) in [6.07, 6.45) is 18.1. The third-order valence-electron chi connectivity index (χ3n) is 6.38.